The molecule has 0 saturated heterocycles. The Morgan fingerprint density at radius 2 is 1.44 bits per heavy atom. The lowest BCUT2D eigenvalue weighted by Gasteiger charge is -2.07. The molecule has 0 heterocycles. The Morgan fingerprint density at radius 3 is 2.06 bits per heavy atom. The van der Waals surface area contributed by atoms with Crippen LogP contribution < -0.4 is 0 Å². The highest BCUT2D eigenvalue weighted by Gasteiger charge is 2.07. The van der Waals surface area contributed by atoms with Gasteiger partial charge in [0.1, 0.15) is 17.2 Å². The van der Waals surface area contributed by atoms with Gasteiger partial charge in [-0.2, -0.15) is 0 Å². The number of hydrogen-bond donors (Lipinski definition) is 3. The van der Waals surface area contributed by atoms with Crippen molar-refractivity contribution in [1.29, 1.82) is 0 Å². The molecular formula is C13H12O3. The number of aryl methyl sites for hydroxylation is 1. The fourth-order valence-corrected chi connectivity index (χ4v) is 1.56. The summed E-state index contributed by atoms with van der Waals surface area (Å²) in [6.45, 7) is 1.76. The average molecular weight is 216 g/mol. The number of aromatic hydroxyl groups is 3. The molecule has 3 N–H and O–H groups in total. The molecule has 0 spiro atoms. The van der Waals surface area contributed by atoms with E-state index in [1.165, 1.54) is 6.07 Å². The standard InChI is InChI=1S/C13H12O3/c1-8-6-11(13(16)7-12(8)15)9-2-4-10(14)5-3-9/h2-7,14-16H,1H3. The summed E-state index contributed by atoms with van der Waals surface area (Å²) in [6, 6.07) is 9.55. The van der Waals surface area contributed by atoms with Gasteiger partial charge in [-0.1, -0.05) is 12.1 Å². The smallest absolute Gasteiger partial charge is 0.127 e. The molecule has 0 aromatic heterocycles. The molecule has 0 bridgehead atoms. The lowest BCUT2D eigenvalue weighted by Crippen LogP contribution is -1.82. The molecule has 0 amide bonds. The van der Waals surface area contributed by atoms with Crippen LogP contribution in [0.1, 0.15) is 5.56 Å². The Balaban J connectivity index is 2.56. The van der Waals surface area contributed by atoms with Crippen molar-refractivity contribution in [2.24, 2.45) is 0 Å². The maximum atomic E-state index is 9.72. The molecule has 3 heteroatoms. The number of hydrogen-bond acceptors (Lipinski definition) is 3. The first-order valence-electron chi connectivity index (χ1n) is 4.90. The molecule has 0 atom stereocenters. The second-order valence-corrected chi connectivity index (χ2v) is 3.70. The van der Waals surface area contributed by atoms with Gasteiger partial charge in [0.15, 0.2) is 0 Å². The molecular weight excluding hydrogens is 204 g/mol. The first-order chi connectivity index (χ1) is 7.58. The molecule has 0 unspecified atom stereocenters. The van der Waals surface area contributed by atoms with Crippen LogP contribution >= 0.6 is 0 Å². The number of benzene rings is 2. The number of rotatable bonds is 1. The first kappa shape index (κ1) is 10.4. The van der Waals surface area contributed by atoms with E-state index in [2.05, 4.69) is 0 Å². The van der Waals surface area contributed by atoms with Gasteiger partial charge in [-0.15, -0.1) is 0 Å². The molecule has 16 heavy (non-hydrogen) atoms. The summed E-state index contributed by atoms with van der Waals surface area (Å²) < 4.78 is 0. The van der Waals surface area contributed by atoms with Crippen molar-refractivity contribution >= 4 is 0 Å². The molecule has 3 nitrogen and oxygen atoms in total. The van der Waals surface area contributed by atoms with Gasteiger partial charge in [-0.25, -0.2) is 0 Å². The Morgan fingerprint density at radius 1 is 0.812 bits per heavy atom. The van der Waals surface area contributed by atoms with Crippen molar-refractivity contribution in [3.05, 3.63) is 42.0 Å². The topological polar surface area (TPSA) is 60.7 Å². The van der Waals surface area contributed by atoms with Crippen molar-refractivity contribution in [3.63, 3.8) is 0 Å². The lowest BCUT2D eigenvalue weighted by molar-refractivity contribution is 0.449. The highest BCUT2D eigenvalue weighted by atomic mass is 16.3. The largest absolute Gasteiger partial charge is 0.508 e. The maximum Gasteiger partial charge on any atom is 0.127 e. The van der Waals surface area contributed by atoms with Gasteiger partial charge < -0.3 is 15.3 Å². The van der Waals surface area contributed by atoms with Crippen LogP contribution in [0.5, 0.6) is 17.2 Å². The van der Waals surface area contributed by atoms with E-state index in [-0.39, 0.29) is 17.2 Å². The van der Waals surface area contributed by atoms with Crippen molar-refractivity contribution < 1.29 is 15.3 Å². The quantitative estimate of drug-likeness (QED) is 0.686. The summed E-state index contributed by atoms with van der Waals surface area (Å²) >= 11 is 0. The van der Waals surface area contributed by atoms with E-state index in [0.717, 1.165) is 5.56 Å². The van der Waals surface area contributed by atoms with E-state index >= 15 is 0 Å². The normalized spacial score (nSPS) is 10.3. The summed E-state index contributed by atoms with van der Waals surface area (Å²) in [5, 5.41) is 28.3. The zero-order valence-electron chi connectivity index (χ0n) is 8.81. The van der Waals surface area contributed by atoms with Gasteiger partial charge in [0, 0.05) is 11.6 Å². The summed E-state index contributed by atoms with van der Waals surface area (Å²) in [7, 11) is 0. The molecule has 2 aromatic carbocycles. The fraction of sp³-hybridized carbons (Fsp3) is 0.0769. The summed E-state index contributed by atoms with van der Waals surface area (Å²) in [6.07, 6.45) is 0. The van der Waals surface area contributed by atoms with E-state index in [1.54, 1.807) is 37.3 Å². The third kappa shape index (κ3) is 1.80. The van der Waals surface area contributed by atoms with Crippen LogP contribution in [-0.2, 0) is 0 Å². The van der Waals surface area contributed by atoms with Gasteiger partial charge in [0.05, 0.1) is 0 Å². The van der Waals surface area contributed by atoms with Crippen molar-refractivity contribution in [2.75, 3.05) is 0 Å². The van der Waals surface area contributed by atoms with E-state index in [9.17, 15) is 10.2 Å². The van der Waals surface area contributed by atoms with Crippen LogP contribution in [0.15, 0.2) is 36.4 Å². The molecule has 82 valence electrons. The second kappa shape index (κ2) is 3.77. The molecule has 0 saturated carbocycles. The highest BCUT2D eigenvalue weighted by molar-refractivity contribution is 5.72. The third-order valence-corrected chi connectivity index (χ3v) is 2.49. The minimum absolute atomic E-state index is 0.0220. The van der Waals surface area contributed by atoms with Crippen LogP contribution in [0.3, 0.4) is 0 Å². The van der Waals surface area contributed by atoms with Gasteiger partial charge >= 0.3 is 0 Å². The molecule has 2 aromatic rings. The minimum atomic E-state index is 0.0220. The Bertz CT molecular complexity index is 515. The van der Waals surface area contributed by atoms with Crippen LogP contribution in [0.25, 0.3) is 11.1 Å². The van der Waals surface area contributed by atoms with Gasteiger partial charge in [0.25, 0.3) is 0 Å². The van der Waals surface area contributed by atoms with E-state index in [4.69, 9.17) is 5.11 Å². The molecule has 0 aliphatic carbocycles. The zero-order chi connectivity index (χ0) is 11.7. The van der Waals surface area contributed by atoms with Crippen LogP contribution in [-0.4, -0.2) is 15.3 Å². The Hall–Kier alpha value is -2.16. The SMILES string of the molecule is Cc1cc(-c2ccc(O)cc2)c(O)cc1O. The van der Waals surface area contributed by atoms with Crippen LogP contribution in [0.2, 0.25) is 0 Å². The van der Waals surface area contributed by atoms with E-state index in [0.29, 0.717) is 11.1 Å². The molecule has 0 aliphatic rings. The summed E-state index contributed by atoms with van der Waals surface area (Å²) in [5.74, 6) is 0.271. The maximum absolute atomic E-state index is 9.72. The number of phenols is 3. The minimum Gasteiger partial charge on any atom is -0.508 e. The third-order valence-electron chi connectivity index (χ3n) is 2.49. The fourth-order valence-electron chi connectivity index (χ4n) is 1.56. The summed E-state index contributed by atoms with van der Waals surface area (Å²) in [5.41, 5.74) is 2.12. The Labute approximate surface area is 93.2 Å². The van der Waals surface area contributed by atoms with Crippen molar-refractivity contribution in [3.8, 4) is 28.4 Å². The Kier molecular flexibility index (Phi) is 2.44. The second-order valence-electron chi connectivity index (χ2n) is 3.70. The van der Waals surface area contributed by atoms with E-state index in [1.807, 2.05) is 0 Å². The molecule has 0 radical (unpaired) electrons. The predicted molar refractivity (Wildman–Crippen MR) is 61.6 cm³/mol. The van der Waals surface area contributed by atoms with E-state index < -0.39 is 0 Å². The van der Waals surface area contributed by atoms with Crippen molar-refractivity contribution in [2.45, 2.75) is 6.92 Å². The van der Waals surface area contributed by atoms with Crippen LogP contribution in [0.4, 0.5) is 0 Å². The average Bonchev–Trinajstić information content (AvgIpc) is 2.25. The van der Waals surface area contributed by atoms with Gasteiger partial charge in [-0.05, 0) is 36.2 Å². The van der Waals surface area contributed by atoms with Crippen molar-refractivity contribution in [1.82, 2.24) is 0 Å². The van der Waals surface area contributed by atoms with Gasteiger partial charge in [0.2, 0.25) is 0 Å². The predicted octanol–water partition coefficient (Wildman–Crippen LogP) is 2.78. The highest BCUT2D eigenvalue weighted by Crippen LogP contribution is 2.34. The monoisotopic (exact) mass is 216 g/mol. The molecule has 0 aliphatic heterocycles. The molecule has 0 fully saturated rings. The lowest BCUT2D eigenvalue weighted by atomic mass is 10.0. The van der Waals surface area contributed by atoms with Gasteiger partial charge in [-0.3, -0.25) is 0 Å². The first-order valence-corrected chi connectivity index (χ1v) is 4.90. The number of phenolic OH excluding ortho intramolecular Hbond substituents is 3. The summed E-state index contributed by atoms with van der Waals surface area (Å²) in [4.78, 5) is 0. The van der Waals surface area contributed by atoms with Crippen LogP contribution in [0, 0.1) is 6.92 Å². The molecule has 2 rings (SSSR count). The zero-order valence-corrected chi connectivity index (χ0v) is 8.81.